The number of hydrogen-bond acceptors (Lipinski definition) is 4. The van der Waals surface area contributed by atoms with Crippen LogP contribution < -0.4 is 0 Å². The topological polar surface area (TPSA) is 70.1 Å². The molecular weight excluding hydrogens is 386 g/mol. The molecule has 0 N–H and O–H groups in total. The number of carbonyl (C=O) groups is 1. The molecule has 1 saturated heterocycles. The van der Waals surface area contributed by atoms with Crippen LogP contribution >= 0.6 is 0 Å². The van der Waals surface area contributed by atoms with E-state index in [1.165, 1.54) is 0 Å². The highest BCUT2D eigenvalue weighted by atomic mass is 32.2. The molecule has 2 heterocycles. The van der Waals surface area contributed by atoms with Gasteiger partial charge in [-0.05, 0) is 43.9 Å². The molecule has 1 aromatic carbocycles. The minimum absolute atomic E-state index is 0.128. The van der Waals surface area contributed by atoms with Gasteiger partial charge in [0.15, 0.2) is 0 Å². The Morgan fingerprint density at radius 3 is 2.31 bits per heavy atom. The van der Waals surface area contributed by atoms with Crippen LogP contribution in [0.5, 0.6) is 0 Å². The molecule has 0 aliphatic carbocycles. The Kier molecular flexibility index (Phi) is 5.64. The summed E-state index contributed by atoms with van der Waals surface area (Å²) in [6.45, 7) is 14.1. The first-order valence-corrected chi connectivity index (χ1v) is 11.5. The molecule has 6 nitrogen and oxygen atoms in total. The smallest absolute Gasteiger partial charge is 0.285 e. The Labute approximate surface area is 174 Å². The number of hydrogen-bond donors (Lipinski definition) is 0. The van der Waals surface area contributed by atoms with Crippen LogP contribution in [0.15, 0.2) is 28.2 Å². The molecule has 29 heavy (non-hydrogen) atoms. The van der Waals surface area contributed by atoms with Crippen molar-refractivity contribution < 1.29 is 13.2 Å². The van der Waals surface area contributed by atoms with Crippen LogP contribution in [-0.4, -0.2) is 56.1 Å². The Balaban J connectivity index is 1.88. The highest BCUT2D eigenvalue weighted by Gasteiger charge is 2.35. The van der Waals surface area contributed by atoms with Crippen molar-refractivity contribution in [3.63, 3.8) is 0 Å². The molecule has 0 radical (unpaired) electrons. The lowest BCUT2D eigenvalue weighted by molar-refractivity contribution is -0.139. The third kappa shape index (κ3) is 4.25. The summed E-state index contributed by atoms with van der Waals surface area (Å²) in [5.74, 6) is 0.645. The van der Waals surface area contributed by atoms with Gasteiger partial charge in [0.05, 0.1) is 0 Å². The van der Waals surface area contributed by atoms with Crippen molar-refractivity contribution in [2.75, 3.05) is 26.2 Å². The number of rotatable bonds is 1. The summed E-state index contributed by atoms with van der Waals surface area (Å²) in [5.41, 5.74) is 3.13. The van der Waals surface area contributed by atoms with E-state index < -0.39 is 15.4 Å². The Hall–Kier alpha value is -2.15. The average Bonchev–Trinajstić information content (AvgIpc) is 2.78. The van der Waals surface area contributed by atoms with Crippen molar-refractivity contribution in [1.29, 1.82) is 0 Å². The quantitative estimate of drug-likeness (QED) is 0.703. The average molecular weight is 418 g/mol. The molecule has 0 saturated carbocycles. The summed E-state index contributed by atoms with van der Waals surface area (Å²) >= 11 is 0. The molecule has 0 spiro atoms. The molecule has 1 amide bonds. The lowest BCUT2D eigenvalue weighted by Crippen LogP contribution is -2.42. The van der Waals surface area contributed by atoms with E-state index in [0.29, 0.717) is 48.1 Å². The fourth-order valence-electron chi connectivity index (χ4n) is 3.87. The van der Waals surface area contributed by atoms with E-state index in [-0.39, 0.29) is 5.91 Å². The summed E-state index contributed by atoms with van der Waals surface area (Å²) in [7, 11) is -3.74. The molecule has 7 heteroatoms. The predicted molar refractivity (Wildman–Crippen MR) is 117 cm³/mol. The van der Waals surface area contributed by atoms with Gasteiger partial charge in [-0.2, -0.15) is 8.42 Å². The third-order valence-corrected chi connectivity index (χ3v) is 7.11. The van der Waals surface area contributed by atoms with Gasteiger partial charge >= 0.3 is 0 Å². The molecule has 0 unspecified atom stereocenters. The monoisotopic (exact) mass is 417 g/mol. The summed E-state index contributed by atoms with van der Waals surface area (Å²) in [6.07, 6.45) is 0.785. The predicted octanol–water partition coefficient (Wildman–Crippen LogP) is 3.36. The van der Waals surface area contributed by atoms with E-state index in [9.17, 15) is 13.2 Å². The molecule has 158 valence electrons. The van der Waals surface area contributed by atoms with Gasteiger partial charge in [0.25, 0.3) is 10.0 Å². The van der Waals surface area contributed by atoms with Gasteiger partial charge in [-0.3, -0.25) is 4.79 Å². The number of aryl methyl sites for hydroxylation is 2. The summed E-state index contributed by atoms with van der Waals surface area (Å²) < 4.78 is 29.9. The van der Waals surface area contributed by atoms with Crippen LogP contribution in [0, 0.1) is 19.3 Å². The van der Waals surface area contributed by atoms with Gasteiger partial charge in [0.1, 0.15) is 10.7 Å². The summed E-state index contributed by atoms with van der Waals surface area (Å²) in [4.78, 5) is 16.8. The maximum atomic E-state index is 12.9. The van der Waals surface area contributed by atoms with Gasteiger partial charge in [0, 0.05) is 37.2 Å². The molecule has 0 aromatic heterocycles. The number of benzene rings is 1. The van der Waals surface area contributed by atoms with Crippen molar-refractivity contribution >= 4 is 26.7 Å². The van der Waals surface area contributed by atoms with E-state index in [2.05, 4.69) is 4.40 Å². The summed E-state index contributed by atoms with van der Waals surface area (Å²) in [6, 6.07) is 5.71. The first kappa shape index (κ1) is 21.6. The molecule has 1 aromatic rings. The lowest BCUT2D eigenvalue weighted by Gasteiger charge is -2.28. The zero-order valence-corrected chi connectivity index (χ0v) is 19.1. The SMILES string of the molecule is CC1=C(c2ccc(C)c(C)c2)S(=O)(=O)N=C1N1CCCN(C(=O)C(C)(C)C)CC1. The normalized spacial score (nSPS) is 20.0. The number of amidine groups is 1. The Morgan fingerprint density at radius 2 is 1.69 bits per heavy atom. The van der Waals surface area contributed by atoms with Crippen molar-refractivity contribution in [1.82, 2.24) is 9.80 Å². The Morgan fingerprint density at radius 1 is 1.00 bits per heavy atom. The molecule has 2 aliphatic heterocycles. The lowest BCUT2D eigenvalue weighted by atomic mass is 9.94. The highest BCUT2D eigenvalue weighted by Crippen LogP contribution is 2.34. The fraction of sp³-hybridized carbons (Fsp3) is 0.545. The van der Waals surface area contributed by atoms with Crippen LogP contribution in [0.1, 0.15) is 50.8 Å². The third-order valence-electron chi connectivity index (χ3n) is 5.63. The largest absolute Gasteiger partial charge is 0.354 e. The second-order valence-electron chi connectivity index (χ2n) is 9.03. The standard InChI is InChI=1S/C22H31N3O3S/c1-15-8-9-18(14-16(15)2)19-17(3)20(23-29(19,27)28)24-10-7-11-25(13-12-24)21(26)22(4,5)6/h8-9,14H,7,10-13H2,1-6H3. The van der Waals surface area contributed by atoms with Crippen LogP contribution in [0.4, 0.5) is 0 Å². The van der Waals surface area contributed by atoms with Gasteiger partial charge < -0.3 is 9.80 Å². The molecule has 0 bridgehead atoms. The van der Waals surface area contributed by atoms with E-state index in [0.717, 1.165) is 17.5 Å². The van der Waals surface area contributed by atoms with Crippen molar-refractivity contribution in [3.8, 4) is 0 Å². The number of carbonyl (C=O) groups excluding carboxylic acids is 1. The van der Waals surface area contributed by atoms with Crippen molar-refractivity contribution in [2.24, 2.45) is 9.81 Å². The van der Waals surface area contributed by atoms with E-state index in [4.69, 9.17) is 0 Å². The van der Waals surface area contributed by atoms with E-state index in [1.54, 1.807) is 0 Å². The van der Waals surface area contributed by atoms with Crippen LogP contribution in [0.25, 0.3) is 4.91 Å². The first-order chi connectivity index (χ1) is 13.4. The fourth-order valence-corrected chi connectivity index (χ4v) is 5.35. The zero-order chi connectivity index (χ0) is 21.6. The molecular formula is C22H31N3O3S. The minimum atomic E-state index is -3.74. The maximum absolute atomic E-state index is 12.9. The van der Waals surface area contributed by atoms with Crippen LogP contribution in [-0.2, 0) is 14.8 Å². The molecule has 3 rings (SSSR count). The molecule has 1 fully saturated rings. The number of nitrogens with zero attached hydrogens (tertiary/aromatic N) is 3. The highest BCUT2D eigenvalue weighted by molar-refractivity contribution is 8.00. The minimum Gasteiger partial charge on any atom is -0.354 e. The van der Waals surface area contributed by atoms with Crippen molar-refractivity contribution in [3.05, 3.63) is 40.5 Å². The zero-order valence-electron chi connectivity index (χ0n) is 18.2. The second kappa shape index (κ2) is 7.59. The molecule has 0 atom stereocenters. The van der Waals surface area contributed by atoms with E-state index in [1.807, 2.05) is 69.5 Å². The second-order valence-corrected chi connectivity index (χ2v) is 10.6. The molecule has 2 aliphatic rings. The van der Waals surface area contributed by atoms with Gasteiger partial charge in [-0.15, -0.1) is 4.40 Å². The van der Waals surface area contributed by atoms with Gasteiger partial charge in [-0.25, -0.2) is 0 Å². The first-order valence-electron chi connectivity index (χ1n) is 10.1. The summed E-state index contributed by atoms with van der Waals surface area (Å²) in [5, 5.41) is 0. The van der Waals surface area contributed by atoms with Crippen LogP contribution in [0.2, 0.25) is 0 Å². The maximum Gasteiger partial charge on any atom is 0.285 e. The Bertz CT molecular complexity index is 1000. The number of amides is 1. The van der Waals surface area contributed by atoms with Crippen LogP contribution in [0.3, 0.4) is 0 Å². The van der Waals surface area contributed by atoms with Gasteiger partial charge in [-0.1, -0.05) is 39.0 Å². The van der Waals surface area contributed by atoms with Crippen molar-refractivity contribution in [2.45, 2.75) is 48.0 Å². The van der Waals surface area contributed by atoms with Gasteiger partial charge in [0.2, 0.25) is 5.91 Å². The van der Waals surface area contributed by atoms with E-state index >= 15 is 0 Å². The number of sulfonamides is 1.